The Morgan fingerprint density at radius 2 is 2.30 bits per heavy atom. The first-order chi connectivity index (χ1) is 11.0. The SMILES string of the molecule is CC(C)c1noc(CCC(=O)N2CCC[C@@H]2c2cnn(C)c2)n1. The van der Waals surface area contributed by atoms with Crippen molar-refractivity contribution in [3.8, 4) is 0 Å². The second-order valence-corrected chi connectivity index (χ2v) is 6.39. The molecule has 0 N–H and O–H groups in total. The third-order valence-corrected chi connectivity index (χ3v) is 4.24. The van der Waals surface area contributed by atoms with Gasteiger partial charge in [0.15, 0.2) is 5.82 Å². The summed E-state index contributed by atoms with van der Waals surface area (Å²) in [6, 6.07) is 0.144. The molecule has 0 saturated carbocycles. The van der Waals surface area contributed by atoms with Gasteiger partial charge in [-0.15, -0.1) is 0 Å². The highest BCUT2D eigenvalue weighted by molar-refractivity contribution is 5.77. The first kappa shape index (κ1) is 15.7. The van der Waals surface area contributed by atoms with Crippen molar-refractivity contribution in [1.82, 2.24) is 24.8 Å². The van der Waals surface area contributed by atoms with Gasteiger partial charge in [0.25, 0.3) is 0 Å². The highest BCUT2D eigenvalue weighted by Gasteiger charge is 2.30. The van der Waals surface area contributed by atoms with Crippen LogP contribution in [0, 0.1) is 0 Å². The number of hydrogen-bond acceptors (Lipinski definition) is 5. The van der Waals surface area contributed by atoms with E-state index in [2.05, 4.69) is 15.2 Å². The molecule has 1 amide bonds. The Bertz CT molecular complexity index is 676. The second-order valence-electron chi connectivity index (χ2n) is 6.39. The molecule has 0 radical (unpaired) electrons. The van der Waals surface area contributed by atoms with E-state index in [0.29, 0.717) is 24.6 Å². The molecule has 1 atom stereocenters. The second kappa shape index (κ2) is 6.52. The van der Waals surface area contributed by atoms with E-state index in [1.807, 2.05) is 38.2 Å². The molecule has 3 heterocycles. The highest BCUT2D eigenvalue weighted by atomic mass is 16.5. The van der Waals surface area contributed by atoms with Crippen molar-refractivity contribution in [1.29, 1.82) is 0 Å². The minimum absolute atomic E-state index is 0.139. The first-order valence-corrected chi connectivity index (χ1v) is 8.15. The largest absolute Gasteiger partial charge is 0.339 e. The van der Waals surface area contributed by atoms with Gasteiger partial charge in [-0.1, -0.05) is 19.0 Å². The number of likely N-dealkylation sites (tertiary alicyclic amines) is 1. The van der Waals surface area contributed by atoms with Gasteiger partial charge in [-0.05, 0) is 12.8 Å². The Morgan fingerprint density at radius 3 is 2.96 bits per heavy atom. The number of nitrogens with zero attached hydrogens (tertiary/aromatic N) is 5. The van der Waals surface area contributed by atoms with Crippen molar-refractivity contribution < 1.29 is 9.32 Å². The van der Waals surface area contributed by atoms with Crippen LogP contribution in [0.3, 0.4) is 0 Å². The van der Waals surface area contributed by atoms with Crippen LogP contribution in [0.25, 0.3) is 0 Å². The van der Waals surface area contributed by atoms with Crippen LogP contribution >= 0.6 is 0 Å². The molecular formula is C16H23N5O2. The van der Waals surface area contributed by atoms with Gasteiger partial charge in [-0.2, -0.15) is 10.1 Å². The van der Waals surface area contributed by atoms with Gasteiger partial charge >= 0.3 is 0 Å². The van der Waals surface area contributed by atoms with E-state index in [9.17, 15) is 4.79 Å². The van der Waals surface area contributed by atoms with E-state index in [4.69, 9.17) is 4.52 Å². The van der Waals surface area contributed by atoms with E-state index in [0.717, 1.165) is 24.9 Å². The van der Waals surface area contributed by atoms with Gasteiger partial charge in [0.1, 0.15) is 0 Å². The Morgan fingerprint density at radius 1 is 1.48 bits per heavy atom. The summed E-state index contributed by atoms with van der Waals surface area (Å²) in [5.41, 5.74) is 1.11. The summed E-state index contributed by atoms with van der Waals surface area (Å²) in [6.45, 7) is 4.84. The summed E-state index contributed by atoms with van der Waals surface area (Å²) in [5.74, 6) is 1.61. The number of aryl methyl sites for hydroxylation is 2. The fourth-order valence-electron chi connectivity index (χ4n) is 2.99. The summed E-state index contributed by atoms with van der Waals surface area (Å²) in [6.07, 6.45) is 6.76. The third-order valence-electron chi connectivity index (χ3n) is 4.24. The van der Waals surface area contributed by atoms with E-state index in [1.165, 1.54) is 0 Å². The maximum absolute atomic E-state index is 12.6. The lowest BCUT2D eigenvalue weighted by molar-refractivity contribution is -0.132. The molecule has 7 heteroatoms. The average Bonchev–Trinajstić information content (AvgIpc) is 3.24. The molecule has 2 aromatic rings. The molecule has 0 aliphatic carbocycles. The monoisotopic (exact) mass is 317 g/mol. The van der Waals surface area contributed by atoms with Crippen LogP contribution in [0.4, 0.5) is 0 Å². The lowest BCUT2D eigenvalue weighted by Crippen LogP contribution is -2.30. The number of carbonyl (C=O) groups is 1. The van der Waals surface area contributed by atoms with Crippen LogP contribution in [0.1, 0.15) is 62.3 Å². The van der Waals surface area contributed by atoms with E-state index in [1.54, 1.807) is 4.68 Å². The highest BCUT2D eigenvalue weighted by Crippen LogP contribution is 2.32. The molecule has 1 saturated heterocycles. The molecule has 124 valence electrons. The van der Waals surface area contributed by atoms with Crippen molar-refractivity contribution in [2.24, 2.45) is 7.05 Å². The van der Waals surface area contributed by atoms with E-state index >= 15 is 0 Å². The summed E-state index contributed by atoms with van der Waals surface area (Å²) in [7, 11) is 1.90. The molecule has 1 fully saturated rings. The smallest absolute Gasteiger partial charge is 0.227 e. The summed E-state index contributed by atoms with van der Waals surface area (Å²) in [5, 5.41) is 8.15. The predicted octanol–water partition coefficient (Wildman–Crippen LogP) is 2.22. The predicted molar refractivity (Wildman–Crippen MR) is 83.6 cm³/mol. The van der Waals surface area contributed by atoms with Crippen LogP contribution in [0.5, 0.6) is 0 Å². The molecule has 0 bridgehead atoms. The maximum atomic E-state index is 12.6. The zero-order valence-electron chi connectivity index (χ0n) is 13.9. The minimum Gasteiger partial charge on any atom is -0.339 e. The normalized spacial score (nSPS) is 18.1. The lowest BCUT2D eigenvalue weighted by atomic mass is 10.1. The molecule has 1 aliphatic rings. The van der Waals surface area contributed by atoms with Crippen molar-refractivity contribution in [3.05, 3.63) is 29.7 Å². The number of carbonyl (C=O) groups excluding carboxylic acids is 1. The molecule has 3 rings (SSSR count). The van der Waals surface area contributed by atoms with Gasteiger partial charge < -0.3 is 9.42 Å². The van der Waals surface area contributed by atoms with Crippen LogP contribution in [0.15, 0.2) is 16.9 Å². The number of aromatic nitrogens is 4. The molecule has 7 nitrogen and oxygen atoms in total. The standard InChI is InChI=1S/C16H23N5O2/c1-11(2)16-18-14(23-19-16)6-7-15(22)21-8-4-5-13(21)12-9-17-20(3)10-12/h9-11,13H,4-8H2,1-3H3/t13-/m1/s1. The maximum Gasteiger partial charge on any atom is 0.227 e. The molecule has 1 aliphatic heterocycles. The third kappa shape index (κ3) is 3.43. The molecule has 2 aromatic heterocycles. The zero-order chi connectivity index (χ0) is 16.4. The number of rotatable bonds is 5. The molecular weight excluding hydrogens is 294 g/mol. The topological polar surface area (TPSA) is 77.0 Å². The van der Waals surface area contributed by atoms with E-state index < -0.39 is 0 Å². The quantitative estimate of drug-likeness (QED) is 0.845. The summed E-state index contributed by atoms with van der Waals surface area (Å²) < 4.78 is 6.99. The minimum atomic E-state index is 0.139. The van der Waals surface area contributed by atoms with Gasteiger partial charge in [0, 0.05) is 44.1 Å². The summed E-state index contributed by atoms with van der Waals surface area (Å²) in [4.78, 5) is 18.8. The van der Waals surface area contributed by atoms with Crippen LogP contribution in [-0.4, -0.2) is 37.3 Å². The zero-order valence-corrected chi connectivity index (χ0v) is 13.9. The van der Waals surface area contributed by atoms with Gasteiger partial charge in [0.2, 0.25) is 11.8 Å². The Balaban J connectivity index is 1.60. The van der Waals surface area contributed by atoms with E-state index in [-0.39, 0.29) is 17.9 Å². The lowest BCUT2D eigenvalue weighted by Gasteiger charge is -2.23. The first-order valence-electron chi connectivity index (χ1n) is 8.15. The van der Waals surface area contributed by atoms with Crippen LogP contribution in [0.2, 0.25) is 0 Å². The summed E-state index contributed by atoms with van der Waals surface area (Å²) >= 11 is 0. The van der Waals surface area contributed by atoms with Gasteiger partial charge in [0.05, 0.1) is 12.2 Å². The number of hydrogen-bond donors (Lipinski definition) is 0. The molecule has 0 unspecified atom stereocenters. The molecule has 23 heavy (non-hydrogen) atoms. The van der Waals surface area contributed by atoms with Crippen molar-refractivity contribution in [2.45, 2.75) is 51.5 Å². The van der Waals surface area contributed by atoms with Crippen molar-refractivity contribution in [2.75, 3.05) is 6.54 Å². The van der Waals surface area contributed by atoms with Crippen molar-refractivity contribution >= 4 is 5.91 Å². The molecule has 0 aromatic carbocycles. The molecule has 0 spiro atoms. The van der Waals surface area contributed by atoms with Crippen LogP contribution in [-0.2, 0) is 18.3 Å². The van der Waals surface area contributed by atoms with Gasteiger partial charge in [-0.3, -0.25) is 9.48 Å². The van der Waals surface area contributed by atoms with Gasteiger partial charge in [-0.25, -0.2) is 0 Å². The Hall–Kier alpha value is -2.18. The Labute approximate surface area is 135 Å². The Kier molecular flexibility index (Phi) is 4.45. The fourth-order valence-corrected chi connectivity index (χ4v) is 2.99. The fraction of sp³-hybridized carbons (Fsp3) is 0.625. The number of amides is 1. The average molecular weight is 317 g/mol. The van der Waals surface area contributed by atoms with Crippen LogP contribution < -0.4 is 0 Å². The van der Waals surface area contributed by atoms with Crippen molar-refractivity contribution in [3.63, 3.8) is 0 Å².